The van der Waals surface area contributed by atoms with Crippen molar-refractivity contribution in [1.29, 1.82) is 0 Å². The van der Waals surface area contributed by atoms with E-state index in [-0.39, 0.29) is 0 Å². The summed E-state index contributed by atoms with van der Waals surface area (Å²) in [6.45, 7) is -2.62. The van der Waals surface area contributed by atoms with Crippen LogP contribution in [0.5, 0.6) is 0 Å². The van der Waals surface area contributed by atoms with Gasteiger partial charge in [-0.1, -0.05) is 0 Å². The monoisotopic (exact) mass is 606 g/mol. The average molecular weight is 607 g/mol. The quantitative estimate of drug-likeness (QED) is 0.122. The molecule has 41 heavy (non-hydrogen) atoms. The molecule has 4 heterocycles. The SMILES string of the molecule is OC[C@H]1O[C@H](O[C@H]2[C@H](O)[C@@H](CO)OC(O)[C@H]2O[C@@H]2OC[C@@H](O)[C@H](O)[C@H]2O)[C@@H](O[C@@H]2OC[C@@H](O)[C@H](O)[C@H]2O)[C@@H](O)[C@@H]1O. The largest absolute Gasteiger partial charge is 0.394 e. The summed E-state index contributed by atoms with van der Waals surface area (Å²) >= 11 is 0. The van der Waals surface area contributed by atoms with Crippen molar-refractivity contribution in [3.8, 4) is 0 Å². The van der Waals surface area contributed by atoms with Gasteiger partial charge in [0.05, 0.1) is 26.4 Å². The summed E-state index contributed by atoms with van der Waals surface area (Å²) in [6.07, 6.45) is -30.9. The Bertz CT molecular complexity index is 824. The highest BCUT2D eigenvalue weighted by Gasteiger charge is 2.54. The molecule has 0 spiro atoms. The Morgan fingerprint density at radius 1 is 0.463 bits per heavy atom. The van der Waals surface area contributed by atoms with Gasteiger partial charge in [-0.15, -0.1) is 0 Å². The lowest BCUT2D eigenvalue weighted by atomic mass is 9.96. The molecule has 0 amide bonds. The Kier molecular flexibility index (Phi) is 11.2. The van der Waals surface area contributed by atoms with E-state index < -0.39 is 137 Å². The smallest absolute Gasteiger partial charge is 0.187 e. The van der Waals surface area contributed by atoms with E-state index in [1.54, 1.807) is 0 Å². The topological polar surface area (TPSA) is 307 Å². The Morgan fingerprint density at radius 3 is 1.44 bits per heavy atom. The van der Waals surface area contributed by atoms with Crippen LogP contribution < -0.4 is 0 Å². The molecular weight excluding hydrogens is 568 g/mol. The van der Waals surface area contributed by atoms with Gasteiger partial charge in [0, 0.05) is 0 Å². The molecule has 4 aliphatic heterocycles. The molecule has 18 atom stereocenters. The van der Waals surface area contributed by atoms with Crippen LogP contribution in [0.15, 0.2) is 0 Å². The summed E-state index contributed by atoms with van der Waals surface area (Å²) < 4.78 is 38.0. The van der Waals surface area contributed by atoms with Crippen LogP contribution in [0.4, 0.5) is 0 Å². The third-order valence-electron chi connectivity index (χ3n) is 7.42. The van der Waals surface area contributed by atoms with Gasteiger partial charge in [0.1, 0.15) is 85.5 Å². The first-order valence-corrected chi connectivity index (χ1v) is 12.9. The van der Waals surface area contributed by atoms with E-state index in [2.05, 4.69) is 0 Å². The highest BCUT2D eigenvalue weighted by atomic mass is 16.8. The Balaban J connectivity index is 1.59. The van der Waals surface area contributed by atoms with Gasteiger partial charge in [0.25, 0.3) is 0 Å². The van der Waals surface area contributed by atoms with Crippen molar-refractivity contribution in [1.82, 2.24) is 0 Å². The van der Waals surface area contributed by atoms with Crippen molar-refractivity contribution in [2.24, 2.45) is 0 Å². The molecule has 4 saturated heterocycles. The molecule has 0 bridgehead atoms. The minimum absolute atomic E-state index is 0.478. The van der Waals surface area contributed by atoms with E-state index >= 15 is 0 Å². The molecule has 4 rings (SSSR count). The van der Waals surface area contributed by atoms with Crippen LogP contribution in [-0.4, -0.2) is 198 Å². The summed E-state index contributed by atoms with van der Waals surface area (Å²) in [6, 6.07) is 0. The molecule has 0 aliphatic carbocycles. The second kappa shape index (κ2) is 13.9. The van der Waals surface area contributed by atoms with Crippen molar-refractivity contribution in [2.45, 2.75) is 111 Å². The summed E-state index contributed by atoms with van der Waals surface area (Å²) in [5, 5.41) is 122. The second-order valence-corrected chi connectivity index (χ2v) is 10.2. The highest BCUT2D eigenvalue weighted by molar-refractivity contribution is 4.96. The van der Waals surface area contributed by atoms with Gasteiger partial charge in [-0.2, -0.15) is 0 Å². The number of hydrogen-bond acceptors (Lipinski definition) is 19. The van der Waals surface area contributed by atoms with Gasteiger partial charge in [0.15, 0.2) is 25.2 Å². The van der Waals surface area contributed by atoms with Crippen molar-refractivity contribution in [3.05, 3.63) is 0 Å². The highest BCUT2D eigenvalue weighted by Crippen LogP contribution is 2.34. The summed E-state index contributed by atoms with van der Waals surface area (Å²) in [4.78, 5) is 0. The van der Waals surface area contributed by atoms with Crippen LogP contribution in [0, 0.1) is 0 Å². The standard InChI is InChI=1S/C22H38O19/c23-1-7-11(29)13(31)17(40-20-14(32)9(27)5(25)3-35-20)22(38-7)39-16-12(30)8(2-24)37-19(34)18(16)41-21-15(33)10(28)6(26)4-36-21/h5-34H,1-4H2/t5-,6-,7-,8-,9+,10+,11-,12-,13+,14-,15-,16+,17+,18+,19?,20+,21+,22-/m1/s1. The summed E-state index contributed by atoms with van der Waals surface area (Å²) in [5.74, 6) is 0. The van der Waals surface area contributed by atoms with Crippen LogP contribution in [0.25, 0.3) is 0 Å². The first-order valence-electron chi connectivity index (χ1n) is 12.9. The van der Waals surface area contributed by atoms with Gasteiger partial charge in [0.2, 0.25) is 0 Å². The molecule has 0 aromatic carbocycles. The van der Waals surface area contributed by atoms with Crippen molar-refractivity contribution in [3.63, 3.8) is 0 Å². The Hall–Kier alpha value is -0.760. The molecular formula is C22H38O19. The Labute approximate surface area is 232 Å². The van der Waals surface area contributed by atoms with E-state index in [1.165, 1.54) is 0 Å². The van der Waals surface area contributed by atoms with Crippen LogP contribution >= 0.6 is 0 Å². The fourth-order valence-electron chi connectivity index (χ4n) is 4.93. The van der Waals surface area contributed by atoms with Crippen LogP contribution in [0.2, 0.25) is 0 Å². The lowest BCUT2D eigenvalue weighted by Crippen LogP contribution is -2.67. The maximum absolute atomic E-state index is 10.9. The molecule has 240 valence electrons. The van der Waals surface area contributed by atoms with E-state index in [4.69, 9.17) is 33.2 Å². The third kappa shape index (κ3) is 6.83. The maximum Gasteiger partial charge on any atom is 0.187 e. The normalized spacial score (nSPS) is 53.3. The minimum atomic E-state index is -1.97. The zero-order valence-corrected chi connectivity index (χ0v) is 21.4. The van der Waals surface area contributed by atoms with Gasteiger partial charge >= 0.3 is 0 Å². The van der Waals surface area contributed by atoms with E-state index in [9.17, 15) is 61.3 Å². The molecule has 0 saturated carbocycles. The molecule has 12 N–H and O–H groups in total. The predicted octanol–water partition coefficient (Wildman–Crippen LogP) is -8.47. The maximum atomic E-state index is 10.9. The van der Waals surface area contributed by atoms with Gasteiger partial charge in [-0.05, 0) is 0 Å². The molecule has 0 radical (unpaired) electrons. The number of aliphatic hydroxyl groups excluding tert-OH is 12. The van der Waals surface area contributed by atoms with E-state index in [0.29, 0.717) is 0 Å². The Morgan fingerprint density at radius 2 is 0.927 bits per heavy atom. The van der Waals surface area contributed by atoms with Crippen LogP contribution in [0.1, 0.15) is 0 Å². The van der Waals surface area contributed by atoms with Crippen molar-refractivity contribution < 1.29 is 94.4 Å². The average Bonchev–Trinajstić information content (AvgIpc) is 2.95. The lowest BCUT2D eigenvalue weighted by Gasteiger charge is -2.49. The minimum Gasteiger partial charge on any atom is -0.394 e. The number of rotatable bonds is 8. The number of aliphatic hydroxyl groups is 12. The fourth-order valence-corrected chi connectivity index (χ4v) is 4.93. The second-order valence-electron chi connectivity index (χ2n) is 10.2. The van der Waals surface area contributed by atoms with E-state index in [1.807, 2.05) is 0 Å². The van der Waals surface area contributed by atoms with E-state index in [0.717, 1.165) is 0 Å². The molecule has 0 aromatic heterocycles. The van der Waals surface area contributed by atoms with Crippen LogP contribution in [-0.2, 0) is 33.2 Å². The fraction of sp³-hybridized carbons (Fsp3) is 1.00. The molecule has 4 fully saturated rings. The zero-order valence-electron chi connectivity index (χ0n) is 21.4. The lowest BCUT2D eigenvalue weighted by molar-refractivity contribution is -0.395. The molecule has 19 heteroatoms. The van der Waals surface area contributed by atoms with Gasteiger partial charge < -0.3 is 94.4 Å². The molecule has 1 unspecified atom stereocenters. The first-order chi connectivity index (χ1) is 19.4. The molecule has 19 nitrogen and oxygen atoms in total. The number of hydrogen-bond donors (Lipinski definition) is 12. The summed E-state index contributed by atoms with van der Waals surface area (Å²) in [7, 11) is 0. The van der Waals surface area contributed by atoms with Crippen molar-refractivity contribution in [2.75, 3.05) is 26.4 Å². The van der Waals surface area contributed by atoms with Crippen LogP contribution in [0.3, 0.4) is 0 Å². The van der Waals surface area contributed by atoms with Crippen molar-refractivity contribution >= 4 is 0 Å². The summed E-state index contributed by atoms with van der Waals surface area (Å²) in [5.41, 5.74) is 0. The van der Waals surface area contributed by atoms with Gasteiger partial charge in [-0.3, -0.25) is 0 Å². The third-order valence-corrected chi connectivity index (χ3v) is 7.42. The predicted molar refractivity (Wildman–Crippen MR) is 122 cm³/mol. The van der Waals surface area contributed by atoms with Gasteiger partial charge in [-0.25, -0.2) is 0 Å². The number of ether oxygens (including phenoxy) is 7. The zero-order chi connectivity index (χ0) is 30.2. The molecule has 0 aromatic rings. The molecule has 4 aliphatic rings. The first kappa shape index (κ1) is 33.1.